The standard InChI is InChI=1S/C14H17NO3/c1-8-9(2)13-11(5-14(4,6-16)18-13)10(3)12(8)15-7-17/h6-7H,5H2,1-4H3,(H,15,17). The molecule has 0 saturated heterocycles. The van der Waals surface area contributed by atoms with Gasteiger partial charge < -0.3 is 10.1 Å². The molecule has 4 heteroatoms. The third-order valence-corrected chi connectivity index (χ3v) is 3.70. The second kappa shape index (κ2) is 4.12. The van der Waals surface area contributed by atoms with Gasteiger partial charge >= 0.3 is 0 Å². The largest absolute Gasteiger partial charge is 0.479 e. The van der Waals surface area contributed by atoms with Crippen molar-refractivity contribution in [2.45, 2.75) is 39.7 Å². The lowest BCUT2D eigenvalue weighted by molar-refractivity contribution is -0.118. The van der Waals surface area contributed by atoms with Gasteiger partial charge in [0.15, 0.2) is 11.9 Å². The Balaban J connectivity index is 2.64. The summed E-state index contributed by atoms with van der Waals surface area (Å²) < 4.78 is 5.78. The Morgan fingerprint density at radius 3 is 2.39 bits per heavy atom. The van der Waals surface area contributed by atoms with Gasteiger partial charge in [-0.15, -0.1) is 0 Å². The lowest BCUT2D eigenvalue weighted by atomic mass is 9.92. The minimum Gasteiger partial charge on any atom is -0.479 e. The fourth-order valence-electron chi connectivity index (χ4n) is 2.50. The number of aldehydes is 1. The number of fused-ring (bicyclic) bond motifs is 1. The van der Waals surface area contributed by atoms with E-state index in [9.17, 15) is 9.59 Å². The topological polar surface area (TPSA) is 55.4 Å². The smallest absolute Gasteiger partial charge is 0.211 e. The highest BCUT2D eigenvalue weighted by atomic mass is 16.5. The first-order valence-corrected chi connectivity index (χ1v) is 5.91. The van der Waals surface area contributed by atoms with E-state index in [-0.39, 0.29) is 0 Å². The van der Waals surface area contributed by atoms with Gasteiger partial charge in [0.25, 0.3) is 0 Å². The van der Waals surface area contributed by atoms with E-state index in [1.165, 1.54) is 0 Å². The molecule has 0 bridgehead atoms. The number of nitrogens with one attached hydrogen (secondary N) is 1. The Hall–Kier alpha value is -1.84. The minimum atomic E-state index is -0.788. The van der Waals surface area contributed by atoms with Crippen molar-refractivity contribution in [3.05, 3.63) is 22.3 Å². The maximum absolute atomic E-state index is 11.1. The summed E-state index contributed by atoms with van der Waals surface area (Å²) in [6.45, 7) is 7.60. The van der Waals surface area contributed by atoms with Crippen molar-refractivity contribution in [3.8, 4) is 5.75 Å². The first-order valence-electron chi connectivity index (χ1n) is 5.91. The molecule has 1 atom stereocenters. The number of benzene rings is 1. The fourth-order valence-corrected chi connectivity index (χ4v) is 2.50. The van der Waals surface area contributed by atoms with E-state index in [2.05, 4.69) is 5.32 Å². The molecule has 96 valence electrons. The van der Waals surface area contributed by atoms with Crippen LogP contribution < -0.4 is 10.1 Å². The zero-order valence-corrected chi connectivity index (χ0v) is 11.1. The molecule has 1 aliphatic rings. The number of hydrogen-bond donors (Lipinski definition) is 1. The van der Waals surface area contributed by atoms with E-state index in [4.69, 9.17) is 4.74 Å². The zero-order chi connectivity index (χ0) is 13.5. The summed E-state index contributed by atoms with van der Waals surface area (Å²) in [5, 5.41) is 2.74. The van der Waals surface area contributed by atoms with E-state index in [1.54, 1.807) is 6.92 Å². The zero-order valence-electron chi connectivity index (χ0n) is 11.1. The summed E-state index contributed by atoms with van der Waals surface area (Å²) in [6, 6.07) is 0. The molecule has 0 aromatic heterocycles. The lowest BCUT2D eigenvalue weighted by Crippen LogP contribution is -2.31. The Labute approximate surface area is 106 Å². The van der Waals surface area contributed by atoms with Crippen molar-refractivity contribution >= 4 is 18.4 Å². The third-order valence-electron chi connectivity index (χ3n) is 3.70. The molecule has 1 amide bonds. The average molecular weight is 247 g/mol. The van der Waals surface area contributed by atoms with Crippen molar-refractivity contribution in [2.75, 3.05) is 5.32 Å². The maximum atomic E-state index is 11.1. The van der Waals surface area contributed by atoms with Crippen LogP contribution in [-0.4, -0.2) is 18.3 Å². The predicted octanol–water partition coefficient (Wildman–Crippen LogP) is 2.07. The van der Waals surface area contributed by atoms with Gasteiger partial charge in [0, 0.05) is 17.7 Å². The second-order valence-corrected chi connectivity index (χ2v) is 5.03. The molecule has 18 heavy (non-hydrogen) atoms. The van der Waals surface area contributed by atoms with Crippen LogP contribution in [0.3, 0.4) is 0 Å². The first kappa shape index (κ1) is 12.6. The molecule has 1 heterocycles. The lowest BCUT2D eigenvalue weighted by Gasteiger charge is -2.17. The van der Waals surface area contributed by atoms with E-state index >= 15 is 0 Å². The van der Waals surface area contributed by atoms with Gasteiger partial charge in [0.2, 0.25) is 6.41 Å². The average Bonchev–Trinajstić information content (AvgIpc) is 2.71. The number of anilines is 1. The monoisotopic (exact) mass is 247 g/mol. The van der Waals surface area contributed by atoms with E-state index in [1.807, 2.05) is 20.8 Å². The SMILES string of the molecule is Cc1c(C)c2c(c(C)c1NC=O)CC(C)(C=O)O2. The van der Waals surface area contributed by atoms with Crippen LogP contribution in [0.4, 0.5) is 5.69 Å². The molecule has 0 spiro atoms. The molecule has 0 aliphatic carbocycles. The van der Waals surface area contributed by atoms with Gasteiger partial charge in [-0.1, -0.05) is 0 Å². The number of carbonyl (C=O) groups is 2. The number of hydrogen-bond acceptors (Lipinski definition) is 3. The summed E-state index contributed by atoms with van der Waals surface area (Å²) in [4.78, 5) is 21.8. The summed E-state index contributed by atoms with van der Waals surface area (Å²) in [5.41, 5.74) is 3.98. The Morgan fingerprint density at radius 1 is 1.17 bits per heavy atom. The van der Waals surface area contributed by atoms with Gasteiger partial charge in [-0.25, -0.2) is 0 Å². The highest BCUT2D eigenvalue weighted by Crippen LogP contribution is 2.43. The minimum absolute atomic E-state index is 0.548. The molecular formula is C14H17NO3. The number of rotatable bonds is 3. The van der Waals surface area contributed by atoms with Gasteiger partial charge in [0.05, 0.1) is 0 Å². The van der Waals surface area contributed by atoms with Gasteiger partial charge in [-0.05, 0) is 44.4 Å². The number of ether oxygens (including phenoxy) is 1. The predicted molar refractivity (Wildman–Crippen MR) is 69.1 cm³/mol. The summed E-state index contributed by atoms with van der Waals surface area (Å²) in [7, 11) is 0. The summed E-state index contributed by atoms with van der Waals surface area (Å²) in [6.07, 6.45) is 2.07. The molecule has 0 radical (unpaired) electrons. The molecule has 1 N–H and O–H groups in total. The van der Waals surface area contributed by atoms with Crippen LogP contribution >= 0.6 is 0 Å². The molecule has 2 rings (SSSR count). The molecule has 1 aromatic rings. The van der Waals surface area contributed by atoms with Crippen LogP contribution in [0, 0.1) is 20.8 Å². The van der Waals surface area contributed by atoms with Crippen molar-refractivity contribution in [1.29, 1.82) is 0 Å². The van der Waals surface area contributed by atoms with Crippen LogP contribution in [0.2, 0.25) is 0 Å². The number of amides is 1. The molecular weight excluding hydrogens is 230 g/mol. The van der Waals surface area contributed by atoms with Crippen LogP contribution in [-0.2, 0) is 16.0 Å². The Morgan fingerprint density at radius 2 is 1.83 bits per heavy atom. The van der Waals surface area contributed by atoms with Gasteiger partial charge in [-0.2, -0.15) is 0 Å². The van der Waals surface area contributed by atoms with Crippen molar-refractivity contribution in [3.63, 3.8) is 0 Å². The molecule has 1 aromatic carbocycles. The quantitative estimate of drug-likeness (QED) is 0.832. The third kappa shape index (κ3) is 1.68. The van der Waals surface area contributed by atoms with Crippen LogP contribution in [0.25, 0.3) is 0 Å². The van der Waals surface area contributed by atoms with Crippen LogP contribution in [0.1, 0.15) is 29.2 Å². The Kier molecular flexibility index (Phi) is 2.89. The van der Waals surface area contributed by atoms with Crippen molar-refractivity contribution < 1.29 is 14.3 Å². The number of carbonyl (C=O) groups excluding carboxylic acids is 2. The summed E-state index contributed by atoms with van der Waals surface area (Å²) in [5.74, 6) is 0.788. The highest BCUT2D eigenvalue weighted by Gasteiger charge is 2.37. The van der Waals surface area contributed by atoms with E-state index in [0.717, 1.165) is 40.0 Å². The second-order valence-electron chi connectivity index (χ2n) is 5.03. The van der Waals surface area contributed by atoms with Gasteiger partial charge in [0.1, 0.15) is 5.75 Å². The van der Waals surface area contributed by atoms with Crippen LogP contribution in [0.15, 0.2) is 0 Å². The normalized spacial score (nSPS) is 21.1. The summed E-state index contributed by atoms with van der Waals surface area (Å²) >= 11 is 0. The Bertz CT molecular complexity index is 537. The molecule has 4 nitrogen and oxygen atoms in total. The van der Waals surface area contributed by atoms with Gasteiger partial charge in [-0.3, -0.25) is 9.59 Å². The maximum Gasteiger partial charge on any atom is 0.211 e. The van der Waals surface area contributed by atoms with Crippen molar-refractivity contribution in [2.24, 2.45) is 0 Å². The highest BCUT2D eigenvalue weighted by molar-refractivity contribution is 5.80. The molecule has 0 saturated carbocycles. The first-order chi connectivity index (χ1) is 8.43. The molecule has 0 fully saturated rings. The van der Waals surface area contributed by atoms with Crippen molar-refractivity contribution in [1.82, 2.24) is 0 Å². The molecule has 1 unspecified atom stereocenters. The molecule has 1 aliphatic heterocycles. The van der Waals surface area contributed by atoms with E-state index in [0.29, 0.717) is 12.8 Å². The van der Waals surface area contributed by atoms with E-state index < -0.39 is 5.60 Å². The fraction of sp³-hybridized carbons (Fsp3) is 0.429. The van der Waals surface area contributed by atoms with Crippen LogP contribution in [0.5, 0.6) is 5.75 Å².